The van der Waals surface area contributed by atoms with Crippen LogP contribution in [0, 0.1) is 0 Å². The summed E-state index contributed by atoms with van der Waals surface area (Å²) < 4.78 is 89.4. The van der Waals surface area contributed by atoms with E-state index in [2.05, 4.69) is 14.5 Å². The zero-order valence-corrected chi connectivity index (χ0v) is 22.6. The fourth-order valence-corrected chi connectivity index (χ4v) is 4.82. The number of carboxylic acids is 1. The summed E-state index contributed by atoms with van der Waals surface area (Å²) in [5.41, 5.74) is 1.85. The van der Waals surface area contributed by atoms with Gasteiger partial charge in [0.25, 0.3) is 0 Å². The van der Waals surface area contributed by atoms with Gasteiger partial charge in [-0.25, -0.2) is 13.4 Å². The quantitative estimate of drug-likeness (QED) is 0.266. The first kappa shape index (κ1) is 33.5. The number of nitrogens with one attached hydrogen (secondary N) is 1. The molecule has 9 nitrogen and oxygen atoms in total. The van der Waals surface area contributed by atoms with Crippen molar-refractivity contribution in [2.75, 3.05) is 0 Å². The summed E-state index contributed by atoms with van der Waals surface area (Å²) >= 11 is 0. The number of hydrogen-bond acceptors (Lipinski definition) is 7. The first-order valence-corrected chi connectivity index (χ1v) is 13.7. The van der Waals surface area contributed by atoms with Crippen molar-refractivity contribution in [3.8, 4) is 5.75 Å². The van der Waals surface area contributed by atoms with E-state index in [9.17, 15) is 35.2 Å². The normalized spacial score (nSPS) is 14.0. The second kappa shape index (κ2) is 15.3. The molecule has 15 heteroatoms. The Hall–Kier alpha value is -3.69. The van der Waals surface area contributed by atoms with Crippen LogP contribution < -0.4 is 19.9 Å². The van der Waals surface area contributed by atoms with Gasteiger partial charge in [0, 0.05) is 12.0 Å². The lowest BCUT2D eigenvalue weighted by molar-refractivity contribution is -0.434. The average molecular weight is 606 g/mol. The highest BCUT2D eigenvalue weighted by atomic mass is 32.2. The van der Waals surface area contributed by atoms with Gasteiger partial charge in [-0.05, 0) is 56.2 Å². The van der Waals surface area contributed by atoms with Crippen LogP contribution in [0.2, 0.25) is 0 Å². The van der Waals surface area contributed by atoms with E-state index in [1.165, 1.54) is 24.3 Å². The smallest absolute Gasteiger partial charge is 0.430 e. The molecule has 3 N–H and O–H groups in total. The highest BCUT2D eigenvalue weighted by Crippen LogP contribution is 2.19. The van der Waals surface area contributed by atoms with Gasteiger partial charge in [-0.1, -0.05) is 31.0 Å². The van der Waals surface area contributed by atoms with E-state index >= 15 is 0 Å². The van der Waals surface area contributed by atoms with Crippen molar-refractivity contribution in [3.05, 3.63) is 66.4 Å². The number of ketones is 1. The molecular weight excluding hydrogens is 577 g/mol. The summed E-state index contributed by atoms with van der Waals surface area (Å²) in [5.74, 6) is -2.41. The molecule has 0 bridgehead atoms. The Balaban J connectivity index is 0.000000745. The van der Waals surface area contributed by atoms with Gasteiger partial charge in [0.05, 0.1) is 11.1 Å². The van der Waals surface area contributed by atoms with Crippen LogP contribution in [0.15, 0.2) is 70.7 Å². The van der Waals surface area contributed by atoms with Crippen molar-refractivity contribution in [1.82, 2.24) is 4.72 Å². The number of halogens is 5. The maximum Gasteiger partial charge on any atom is 0.430 e. The maximum atomic E-state index is 13.0. The fraction of sp³-hybridized carbons (Fsp3) is 0.346. The number of rotatable bonds is 13. The Kier molecular flexibility index (Phi) is 12.5. The van der Waals surface area contributed by atoms with Gasteiger partial charge in [0.1, 0.15) is 23.5 Å². The predicted molar refractivity (Wildman–Crippen MR) is 136 cm³/mol. The number of unbranched alkanes of at least 4 members (excludes halogenated alkanes) is 2. The zero-order valence-electron chi connectivity index (χ0n) is 21.7. The average Bonchev–Trinajstić information content (AvgIpc) is 3.38. The highest BCUT2D eigenvalue weighted by molar-refractivity contribution is 7.89. The second-order valence-corrected chi connectivity index (χ2v) is 10.5. The molecule has 2 aromatic carbocycles. The largest absolute Gasteiger partial charge is 0.542 e. The topological polar surface area (TPSA) is 142 Å². The third kappa shape index (κ3) is 11.8. The minimum absolute atomic E-state index is 0.0643. The van der Waals surface area contributed by atoms with Crippen molar-refractivity contribution in [2.45, 2.75) is 62.8 Å². The summed E-state index contributed by atoms with van der Waals surface area (Å²) in [6.45, 7) is -1.44. The standard InChI is InChI=1S/C24H27F2N3O4S.C2HF3O2/c1-17(30)8-4-2-7-11-21(23-27-16-22(28-23)18-9-5-3-6-10-18)29-34(31,32)20-14-12-19(13-15-20)33-24(25)26;3-2(4,5)1(6)7/h3,5-6,9-10,12-16,21,24,29H,2,4,7-8,11H2,1H3,(H,27,28);(H,6,7)/t21-;/m0./s1. The van der Waals surface area contributed by atoms with Crippen LogP contribution in [0.3, 0.4) is 0 Å². The number of ether oxygens (including phenoxy) is 1. The van der Waals surface area contributed by atoms with E-state index in [4.69, 9.17) is 9.90 Å². The second-order valence-electron chi connectivity index (χ2n) is 8.76. The van der Waals surface area contributed by atoms with E-state index in [-0.39, 0.29) is 16.4 Å². The van der Waals surface area contributed by atoms with Crippen LogP contribution in [0.4, 0.5) is 22.0 Å². The van der Waals surface area contributed by atoms with Gasteiger partial charge < -0.3 is 19.4 Å². The van der Waals surface area contributed by atoms with Crippen LogP contribution in [-0.4, -0.2) is 44.8 Å². The summed E-state index contributed by atoms with van der Waals surface area (Å²) in [7, 11) is -3.95. The molecule has 0 amide bonds. The lowest BCUT2D eigenvalue weighted by Gasteiger charge is -2.17. The van der Waals surface area contributed by atoms with E-state index in [1.54, 1.807) is 13.1 Å². The third-order valence-electron chi connectivity index (χ3n) is 5.53. The Morgan fingerprint density at radius 3 is 2.17 bits per heavy atom. The molecule has 224 valence electrons. The van der Waals surface area contributed by atoms with Crippen molar-refractivity contribution < 1.29 is 55.1 Å². The maximum absolute atomic E-state index is 13.0. The highest BCUT2D eigenvalue weighted by Gasteiger charge is 2.30. The molecule has 0 radical (unpaired) electrons. The zero-order chi connectivity index (χ0) is 30.6. The van der Waals surface area contributed by atoms with Crippen LogP contribution in [0.25, 0.3) is 5.70 Å². The van der Waals surface area contributed by atoms with Crippen LogP contribution in [0.5, 0.6) is 5.75 Å². The molecule has 0 saturated carbocycles. The van der Waals surface area contributed by atoms with Gasteiger partial charge in [-0.3, -0.25) is 5.32 Å². The Morgan fingerprint density at radius 2 is 1.63 bits per heavy atom. The minimum Gasteiger partial charge on any atom is -0.542 e. The number of carbonyl (C=O) groups is 2. The van der Waals surface area contributed by atoms with Crippen molar-refractivity contribution in [3.63, 3.8) is 0 Å². The number of nitrogens with two attached hydrogens (primary N) is 1. The number of quaternary nitrogens is 1. The fourth-order valence-electron chi connectivity index (χ4n) is 3.58. The number of amidine groups is 1. The van der Waals surface area contributed by atoms with Gasteiger partial charge >= 0.3 is 12.8 Å². The summed E-state index contributed by atoms with van der Waals surface area (Å²) in [6, 6.07) is 13.9. The minimum atomic E-state index is -5.19. The van der Waals surface area contributed by atoms with Crippen molar-refractivity contribution in [1.29, 1.82) is 0 Å². The first-order valence-electron chi connectivity index (χ1n) is 12.2. The monoisotopic (exact) mass is 605 g/mol. The van der Waals surface area contributed by atoms with Gasteiger partial charge in [0.2, 0.25) is 15.9 Å². The lowest BCUT2D eigenvalue weighted by atomic mass is 10.1. The number of carbonyl (C=O) groups excluding carboxylic acids is 2. The first-order chi connectivity index (χ1) is 19.2. The molecule has 2 aromatic rings. The van der Waals surface area contributed by atoms with Crippen molar-refractivity contribution >= 4 is 33.3 Å². The Morgan fingerprint density at radius 1 is 1.02 bits per heavy atom. The summed E-state index contributed by atoms with van der Waals surface area (Å²) in [4.78, 5) is 24.4. The summed E-state index contributed by atoms with van der Waals surface area (Å²) in [6.07, 6.45) is -0.271. The molecule has 0 spiro atoms. The van der Waals surface area contributed by atoms with E-state index in [0.717, 1.165) is 24.1 Å². The van der Waals surface area contributed by atoms with Gasteiger partial charge in [0.15, 0.2) is 5.70 Å². The number of hydrogen-bond donors (Lipinski definition) is 2. The van der Waals surface area contributed by atoms with Gasteiger partial charge in [-0.15, -0.1) is 0 Å². The number of carboxylic acid groups (broad SMARTS) is 1. The van der Waals surface area contributed by atoms with Crippen LogP contribution in [0.1, 0.15) is 44.6 Å². The molecule has 1 aliphatic rings. The number of aliphatic carboxylic acids is 1. The molecule has 1 heterocycles. The number of alkyl halides is 5. The number of sulfonamides is 1. The van der Waals surface area contributed by atoms with E-state index in [1.807, 2.05) is 35.6 Å². The number of Topliss-reactive ketones (excluding diaryl/α,β-unsaturated/α-hetero) is 1. The molecular formula is C26H28F5N3O6S. The number of benzene rings is 2. The molecule has 1 atom stereocenters. The van der Waals surface area contributed by atoms with Crippen LogP contribution >= 0.6 is 0 Å². The molecule has 0 aliphatic carbocycles. The predicted octanol–water partition coefficient (Wildman–Crippen LogP) is 2.75. The Labute approximate surface area is 233 Å². The molecule has 0 saturated heterocycles. The Bertz CT molecular complexity index is 1330. The number of nitrogens with zero attached hydrogens (tertiary/aromatic N) is 1. The molecule has 0 fully saturated rings. The number of aliphatic imine (C=N–C) groups is 1. The van der Waals surface area contributed by atoms with Gasteiger partial charge in [-0.2, -0.15) is 26.7 Å². The third-order valence-corrected chi connectivity index (χ3v) is 7.02. The molecule has 41 heavy (non-hydrogen) atoms. The lowest BCUT2D eigenvalue weighted by Crippen LogP contribution is -2.87. The molecule has 1 aliphatic heterocycles. The molecule has 0 unspecified atom stereocenters. The summed E-state index contributed by atoms with van der Waals surface area (Å²) in [5, 5.41) is 10.6. The van der Waals surface area contributed by atoms with E-state index in [0.29, 0.717) is 25.1 Å². The molecule has 3 rings (SSSR count). The molecule has 0 aromatic heterocycles. The van der Waals surface area contributed by atoms with E-state index < -0.39 is 34.8 Å². The SMILES string of the molecule is CC(=O)CCCCC[C@H](NS(=O)(=O)c1ccc(OC(F)F)cc1)C1=NC=C(c2ccccc2)[NH2+]1.O=C([O-])C(F)(F)F. The van der Waals surface area contributed by atoms with Crippen molar-refractivity contribution in [2.24, 2.45) is 4.99 Å². The van der Waals surface area contributed by atoms with Crippen LogP contribution in [-0.2, 0) is 19.6 Å².